The molecule has 122 valence electrons. The topological polar surface area (TPSA) is 34.1 Å². The van der Waals surface area contributed by atoms with Gasteiger partial charge in [-0.3, -0.25) is 0 Å². The maximum atomic E-state index is 6.46. The van der Waals surface area contributed by atoms with Crippen molar-refractivity contribution < 1.29 is 4.74 Å². The Balaban J connectivity index is 1.48. The van der Waals surface area contributed by atoms with Crippen LogP contribution in [0.2, 0.25) is 0 Å². The van der Waals surface area contributed by atoms with Crippen LogP contribution in [0.25, 0.3) is 21.3 Å². The second-order valence-corrected chi connectivity index (χ2v) is 7.79. The Kier molecular flexibility index (Phi) is 3.35. The minimum absolute atomic E-state index is 0.0664. The van der Waals surface area contributed by atoms with Crippen LogP contribution in [0.5, 0.6) is 5.75 Å². The number of hydrogen-bond donors (Lipinski definition) is 1. The summed E-state index contributed by atoms with van der Waals surface area (Å²) in [4.78, 5) is 5.68. The lowest BCUT2D eigenvalue weighted by molar-refractivity contribution is 0.0170. The summed E-state index contributed by atoms with van der Waals surface area (Å²) in [7, 11) is 0. The van der Waals surface area contributed by atoms with Gasteiger partial charge in [-0.15, -0.1) is 11.3 Å². The zero-order valence-electron chi connectivity index (χ0n) is 13.5. The van der Waals surface area contributed by atoms with E-state index in [0.717, 1.165) is 49.4 Å². The van der Waals surface area contributed by atoms with Crippen molar-refractivity contribution in [2.45, 2.75) is 31.3 Å². The van der Waals surface area contributed by atoms with Crippen molar-refractivity contribution in [3.8, 4) is 16.9 Å². The third kappa shape index (κ3) is 2.41. The Hall–Kier alpha value is -1.91. The number of aryl methyl sites for hydroxylation is 1. The number of pyridine rings is 1. The zero-order valence-corrected chi connectivity index (χ0v) is 14.4. The van der Waals surface area contributed by atoms with Crippen LogP contribution >= 0.6 is 11.3 Å². The number of rotatable bonds is 1. The lowest BCUT2D eigenvalue weighted by atomic mass is 9.83. The van der Waals surface area contributed by atoms with Gasteiger partial charge in [0.25, 0.3) is 0 Å². The molecule has 0 aliphatic carbocycles. The number of thiophene rings is 1. The summed E-state index contributed by atoms with van der Waals surface area (Å²) < 4.78 is 6.46. The summed E-state index contributed by atoms with van der Waals surface area (Å²) in [6, 6.07) is 11.0. The predicted octanol–water partition coefficient (Wildman–Crippen LogP) is 4.41. The van der Waals surface area contributed by atoms with Gasteiger partial charge in [-0.25, -0.2) is 4.98 Å². The quantitative estimate of drug-likeness (QED) is 0.715. The molecule has 0 bridgehead atoms. The van der Waals surface area contributed by atoms with Crippen molar-refractivity contribution in [3.05, 3.63) is 47.5 Å². The molecule has 5 rings (SSSR count). The van der Waals surface area contributed by atoms with Crippen LogP contribution in [0, 0.1) is 0 Å². The van der Waals surface area contributed by atoms with Crippen LogP contribution in [-0.2, 0) is 6.42 Å². The van der Waals surface area contributed by atoms with Crippen LogP contribution in [0.15, 0.2) is 41.9 Å². The van der Waals surface area contributed by atoms with Crippen LogP contribution in [0.4, 0.5) is 0 Å². The van der Waals surface area contributed by atoms with E-state index in [0.29, 0.717) is 0 Å². The number of nitrogens with one attached hydrogen (secondary N) is 1. The highest BCUT2D eigenvalue weighted by Gasteiger charge is 2.37. The molecule has 0 radical (unpaired) electrons. The normalized spacial score (nSPS) is 19.2. The fourth-order valence-corrected chi connectivity index (χ4v) is 4.67. The van der Waals surface area contributed by atoms with E-state index in [1.54, 1.807) is 11.3 Å². The molecular weight excluding hydrogens is 316 g/mol. The Morgan fingerprint density at radius 2 is 1.96 bits per heavy atom. The summed E-state index contributed by atoms with van der Waals surface area (Å²) in [5.74, 6) is 1.08. The monoisotopic (exact) mass is 336 g/mol. The van der Waals surface area contributed by atoms with Crippen LogP contribution in [-0.4, -0.2) is 23.7 Å². The molecule has 3 aromatic rings. The van der Waals surface area contributed by atoms with Crippen molar-refractivity contribution in [3.63, 3.8) is 0 Å². The van der Waals surface area contributed by atoms with Crippen molar-refractivity contribution >= 4 is 21.6 Å². The molecule has 1 saturated heterocycles. The minimum Gasteiger partial charge on any atom is -0.487 e. The average Bonchev–Trinajstić information content (AvgIpc) is 3.10. The first-order chi connectivity index (χ1) is 11.8. The van der Waals surface area contributed by atoms with Crippen LogP contribution in [0.3, 0.4) is 0 Å². The Morgan fingerprint density at radius 1 is 1.04 bits per heavy atom. The summed E-state index contributed by atoms with van der Waals surface area (Å²) in [5, 5.41) is 6.76. The third-order valence-electron chi connectivity index (χ3n) is 5.39. The number of aromatic nitrogens is 1. The predicted molar refractivity (Wildman–Crippen MR) is 98.8 cm³/mol. The fraction of sp³-hybridized carbons (Fsp3) is 0.350. The van der Waals surface area contributed by atoms with Gasteiger partial charge < -0.3 is 10.1 Å². The molecule has 3 nitrogen and oxygen atoms in total. The SMILES string of the molecule is c1cc2cc(-c3ccc4c(c3)CCC3(CCNCC3)O4)cnc2s1. The fourth-order valence-electron chi connectivity index (χ4n) is 3.95. The number of hydrogen-bond acceptors (Lipinski definition) is 4. The first-order valence-electron chi connectivity index (χ1n) is 8.68. The lowest BCUT2D eigenvalue weighted by Crippen LogP contribution is -2.48. The molecule has 2 aliphatic rings. The molecule has 0 saturated carbocycles. The molecule has 4 heterocycles. The second kappa shape index (κ2) is 5.57. The summed E-state index contributed by atoms with van der Waals surface area (Å²) in [6.07, 6.45) is 6.46. The van der Waals surface area contributed by atoms with E-state index in [-0.39, 0.29) is 5.60 Å². The van der Waals surface area contributed by atoms with Crippen molar-refractivity contribution in [2.75, 3.05) is 13.1 Å². The van der Waals surface area contributed by atoms with E-state index in [4.69, 9.17) is 4.74 Å². The molecule has 24 heavy (non-hydrogen) atoms. The van der Waals surface area contributed by atoms with Crippen molar-refractivity contribution in [2.24, 2.45) is 0 Å². The Morgan fingerprint density at radius 3 is 2.88 bits per heavy atom. The molecule has 2 aromatic heterocycles. The molecule has 4 heteroatoms. The molecule has 0 unspecified atom stereocenters. The van der Waals surface area contributed by atoms with Crippen molar-refractivity contribution in [1.82, 2.24) is 10.3 Å². The van der Waals surface area contributed by atoms with Gasteiger partial charge in [0, 0.05) is 17.1 Å². The van der Waals surface area contributed by atoms with Crippen LogP contribution in [0.1, 0.15) is 24.8 Å². The van der Waals surface area contributed by atoms with Gasteiger partial charge in [-0.2, -0.15) is 0 Å². The van der Waals surface area contributed by atoms with Gasteiger partial charge in [0.1, 0.15) is 16.2 Å². The van der Waals surface area contributed by atoms with E-state index in [1.165, 1.54) is 22.1 Å². The minimum atomic E-state index is 0.0664. The number of fused-ring (bicyclic) bond motifs is 2. The van der Waals surface area contributed by atoms with E-state index in [2.05, 4.69) is 46.0 Å². The van der Waals surface area contributed by atoms with E-state index in [1.807, 2.05) is 6.20 Å². The molecule has 1 fully saturated rings. The molecule has 1 aromatic carbocycles. The molecule has 2 aliphatic heterocycles. The highest BCUT2D eigenvalue weighted by Crippen LogP contribution is 2.40. The van der Waals surface area contributed by atoms with Crippen LogP contribution < -0.4 is 10.1 Å². The molecule has 1 N–H and O–H groups in total. The summed E-state index contributed by atoms with van der Waals surface area (Å²) >= 11 is 1.69. The van der Waals surface area contributed by atoms with Gasteiger partial charge >= 0.3 is 0 Å². The van der Waals surface area contributed by atoms with Gasteiger partial charge in [0.15, 0.2) is 0 Å². The van der Waals surface area contributed by atoms with E-state index in [9.17, 15) is 0 Å². The number of ether oxygens (including phenoxy) is 1. The lowest BCUT2D eigenvalue weighted by Gasteiger charge is -2.41. The maximum absolute atomic E-state index is 6.46. The Labute approximate surface area is 145 Å². The van der Waals surface area contributed by atoms with E-state index < -0.39 is 0 Å². The van der Waals surface area contributed by atoms with E-state index >= 15 is 0 Å². The first-order valence-corrected chi connectivity index (χ1v) is 9.56. The second-order valence-electron chi connectivity index (χ2n) is 6.90. The number of piperidine rings is 1. The maximum Gasteiger partial charge on any atom is 0.123 e. The van der Waals surface area contributed by atoms with Gasteiger partial charge in [-0.05, 0) is 79.5 Å². The Bertz CT molecular complexity index is 896. The van der Waals surface area contributed by atoms with Gasteiger partial charge in [-0.1, -0.05) is 6.07 Å². The zero-order chi connectivity index (χ0) is 16.0. The molecule has 0 atom stereocenters. The number of benzene rings is 1. The number of nitrogens with zero attached hydrogens (tertiary/aromatic N) is 1. The largest absolute Gasteiger partial charge is 0.487 e. The molecular formula is C20H20N2OS. The summed E-state index contributed by atoms with van der Waals surface area (Å²) in [5.41, 5.74) is 3.82. The van der Waals surface area contributed by atoms with Gasteiger partial charge in [0.05, 0.1) is 0 Å². The average molecular weight is 336 g/mol. The first kappa shape index (κ1) is 14.4. The third-order valence-corrected chi connectivity index (χ3v) is 6.23. The van der Waals surface area contributed by atoms with Crippen molar-refractivity contribution in [1.29, 1.82) is 0 Å². The van der Waals surface area contributed by atoms with Gasteiger partial charge in [0.2, 0.25) is 0 Å². The molecule has 1 spiro atoms. The summed E-state index contributed by atoms with van der Waals surface area (Å²) in [6.45, 7) is 2.14. The standard InChI is InChI=1S/C20H20N2OS/c1-2-18-15(3-5-20(23-18)6-8-21-9-7-20)11-14(1)17-12-16-4-10-24-19(16)22-13-17/h1-2,4,10-13,21H,3,5-9H2. The smallest absolute Gasteiger partial charge is 0.123 e. The highest BCUT2D eigenvalue weighted by atomic mass is 32.1. The highest BCUT2D eigenvalue weighted by molar-refractivity contribution is 7.16. The molecule has 0 amide bonds.